The minimum absolute atomic E-state index is 0.0500. The molecule has 2 heterocycles. The molecule has 1 aromatic heterocycles. The Morgan fingerprint density at radius 1 is 1.25 bits per heavy atom. The van der Waals surface area contributed by atoms with Crippen LogP contribution in [-0.2, 0) is 11.3 Å². The molecule has 0 aliphatic carbocycles. The Bertz CT molecular complexity index is 1060. The summed E-state index contributed by atoms with van der Waals surface area (Å²) in [6.45, 7) is 1.87. The van der Waals surface area contributed by atoms with E-state index in [1.807, 2.05) is 31.2 Å². The van der Waals surface area contributed by atoms with E-state index in [1.165, 1.54) is 17.4 Å². The van der Waals surface area contributed by atoms with E-state index in [0.717, 1.165) is 22.2 Å². The molecule has 0 spiro atoms. The lowest BCUT2D eigenvalue weighted by Crippen LogP contribution is -2.08. The predicted octanol–water partition coefficient (Wildman–Crippen LogP) is 4.11. The van der Waals surface area contributed by atoms with Crippen molar-refractivity contribution in [3.8, 4) is 22.1 Å². The number of nitro benzene ring substituents is 1. The minimum atomic E-state index is -0.824. The summed E-state index contributed by atoms with van der Waals surface area (Å²) in [6.07, 6.45) is 0. The molecule has 3 aromatic rings. The van der Waals surface area contributed by atoms with Crippen LogP contribution in [0.3, 0.4) is 0 Å². The van der Waals surface area contributed by atoms with Gasteiger partial charge in [0.2, 0.25) is 6.79 Å². The van der Waals surface area contributed by atoms with E-state index < -0.39 is 16.6 Å². The summed E-state index contributed by atoms with van der Waals surface area (Å²) < 4.78 is 15.5. The number of aryl methyl sites for hydroxylation is 1. The van der Waals surface area contributed by atoms with Gasteiger partial charge in [0.05, 0.1) is 16.7 Å². The van der Waals surface area contributed by atoms with Crippen molar-refractivity contribution in [3.05, 3.63) is 68.7 Å². The number of fused-ring (bicyclic) bond motifs is 1. The predicted molar refractivity (Wildman–Crippen MR) is 101 cm³/mol. The van der Waals surface area contributed by atoms with Crippen LogP contribution in [0.2, 0.25) is 0 Å². The molecule has 28 heavy (non-hydrogen) atoms. The van der Waals surface area contributed by atoms with Crippen LogP contribution in [0, 0.1) is 17.0 Å². The van der Waals surface area contributed by atoms with Gasteiger partial charge in [0.25, 0.3) is 5.69 Å². The normalized spacial score (nSPS) is 12.0. The van der Waals surface area contributed by atoms with Crippen molar-refractivity contribution >= 4 is 23.0 Å². The number of aromatic nitrogens is 1. The minimum Gasteiger partial charge on any atom is -0.455 e. The largest absolute Gasteiger partial charge is 0.455 e. The Hall–Kier alpha value is -3.46. The van der Waals surface area contributed by atoms with Gasteiger partial charge < -0.3 is 14.2 Å². The average Bonchev–Trinajstić information content (AvgIpc) is 3.34. The molecule has 0 unspecified atom stereocenters. The maximum atomic E-state index is 12.4. The number of esters is 1. The first kappa shape index (κ1) is 17.9. The van der Waals surface area contributed by atoms with Gasteiger partial charge in [-0.3, -0.25) is 10.1 Å². The highest BCUT2D eigenvalue weighted by molar-refractivity contribution is 7.13. The third kappa shape index (κ3) is 3.52. The summed E-state index contributed by atoms with van der Waals surface area (Å²) in [4.78, 5) is 27.5. The molecule has 1 aliphatic rings. The molecule has 0 fully saturated rings. The zero-order valence-electron chi connectivity index (χ0n) is 14.7. The molecule has 142 valence electrons. The highest BCUT2D eigenvalue weighted by atomic mass is 32.1. The van der Waals surface area contributed by atoms with Gasteiger partial charge in [-0.05, 0) is 6.92 Å². The zero-order valence-corrected chi connectivity index (χ0v) is 15.5. The van der Waals surface area contributed by atoms with E-state index in [4.69, 9.17) is 14.2 Å². The van der Waals surface area contributed by atoms with Crippen LogP contribution in [0.4, 0.5) is 5.69 Å². The summed E-state index contributed by atoms with van der Waals surface area (Å²) in [7, 11) is 0. The first-order chi connectivity index (χ1) is 13.5. The van der Waals surface area contributed by atoms with Crippen LogP contribution >= 0.6 is 11.3 Å². The molecule has 0 amide bonds. The van der Waals surface area contributed by atoms with Crippen LogP contribution in [0.5, 0.6) is 11.5 Å². The van der Waals surface area contributed by atoms with Crippen LogP contribution in [0.1, 0.15) is 21.6 Å². The molecule has 9 heteroatoms. The van der Waals surface area contributed by atoms with Crippen molar-refractivity contribution in [2.45, 2.75) is 13.5 Å². The topological polar surface area (TPSA) is 101 Å². The van der Waals surface area contributed by atoms with E-state index in [0.29, 0.717) is 5.69 Å². The molecule has 0 N–H and O–H groups in total. The Balaban J connectivity index is 1.49. The van der Waals surface area contributed by atoms with Crippen molar-refractivity contribution in [2.24, 2.45) is 0 Å². The number of hydrogen-bond acceptors (Lipinski definition) is 8. The maximum absolute atomic E-state index is 12.4. The fourth-order valence-electron chi connectivity index (χ4n) is 2.67. The van der Waals surface area contributed by atoms with Gasteiger partial charge in [-0.15, -0.1) is 11.3 Å². The van der Waals surface area contributed by atoms with E-state index in [-0.39, 0.29) is 30.5 Å². The van der Waals surface area contributed by atoms with Crippen LogP contribution < -0.4 is 9.47 Å². The molecule has 0 bridgehead atoms. The van der Waals surface area contributed by atoms with Crippen molar-refractivity contribution in [3.63, 3.8) is 0 Å². The molecule has 2 aromatic carbocycles. The molecule has 0 saturated carbocycles. The van der Waals surface area contributed by atoms with Crippen molar-refractivity contribution in [1.29, 1.82) is 0 Å². The number of hydrogen-bond donors (Lipinski definition) is 0. The molecule has 0 saturated heterocycles. The summed E-state index contributed by atoms with van der Waals surface area (Å²) in [5.41, 5.74) is 2.10. The second-order valence-corrected chi connectivity index (χ2v) is 6.92. The number of thiazole rings is 1. The standard InChI is InChI=1S/C19H14N2O6S/c1-11-2-4-12(5-3-11)18-20-13(9-28-18)8-25-19(22)14-6-16-17(27-10-26-16)7-15(14)21(23)24/h2-7,9H,8,10H2,1H3. The molecule has 0 radical (unpaired) electrons. The Morgan fingerprint density at radius 3 is 2.68 bits per heavy atom. The quantitative estimate of drug-likeness (QED) is 0.362. The average molecular weight is 398 g/mol. The lowest BCUT2D eigenvalue weighted by Gasteiger charge is -2.05. The van der Waals surface area contributed by atoms with Gasteiger partial charge in [-0.25, -0.2) is 9.78 Å². The Morgan fingerprint density at radius 2 is 1.96 bits per heavy atom. The molecule has 8 nitrogen and oxygen atoms in total. The fourth-order valence-corrected chi connectivity index (χ4v) is 3.48. The first-order valence-electron chi connectivity index (χ1n) is 8.28. The van der Waals surface area contributed by atoms with Crippen LogP contribution in [-0.4, -0.2) is 22.7 Å². The van der Waals surface area contributed by atoms with E-state index >= 15 is 0 Å². The first-order valence-corrected chi connectivity index (χ1v) is 9.16. The summed E-state index contributed by atoms with van der Waals surface area (Å²) in [5, 5.41) is 13.9. The van der Waals surface area contributed by atoms with Crippen molar-refractivity contribution in [1.82, 2.24) is 4.98 Å². The third-order valence-corrected chi connectivity index (χ3v) is 5.05. The Kier molecular flexibility index (Phi) is 4.66. The summed E-state index contributed by atoms with van der Waals surface area (Å²) >= 11 is 1.43. The number of benzene rings is 2. The Labute approximate surface area is 163 Å². The van der Waals surface area contributed by atoms with Gasteiger partial charge >= 0.3 is 5.97 Å². The van der Waals surface area contributed by atoms with Crippen molar-refractivity contribution in [2.75, 3.05) is 6.79 Å². The molecule has 4 rings (SSSR count). The maximum Gasteiger partial charge on any atom is 0.345 e. The SMILES string of the molecule is Cc1ccc(-c2nc(COC(=O)c3cc4c(cc3[N+](=O)[O-])OCO4)cs2)cc1. The fraction of sp³-hybridized carbons (Fsp3) is 0.158. The van der Waals surface area contributed by atoms with Gasteiger partial charge in [-0.1, -0.05) is 29.8 Å². The summed E-state index contributed by atoms with van der Waals surface area (Å²) in [5.74, 6) is -0.326. The van der Waals surface area contributed by atoms with Gasteiger partial charge in [0, 0.05) is 17.0 Å². The second kappa shape index (κ2) is 7.28. The van der Waals surface area contributed by atoms with E-state index in [1.54, 1.807) is 5.38 Å². The van der Waals surface area contributed by atoms with Gasteiger partial charge in [-0.2, -0.15) is 0 Å². The number of nitro groups is 1. The van der Waals surface area contributed by atoms with Crippen molar-refractivity contribution < 1.29 is 23.9 Å². The number of ether oxygens (including phenoxy) is 3. The molecule has 0 atom stereocenters. The monoisotopic (exact) mass is 398 g/mol. The van der Waals surface area contributed by atoms with Gasteiger partial charge in [0.1, 0.15) is 17.2 Å². The van der Waals surface area contributed by atoms with Gasteiger partial charge in [0.15, 0.2) is 11.5 Å². The highest BCUT2D eigenvalue weighted by Crippen LogP contribution is 2.38. The van der Waals surface area contributed by atoms with Crippen LogP contribution in [0.25, 0.3) is 10.6 Å². The van der Waals surface area contributed by atoms with Crippen LogP contribution in [0.15, 0.2) is 41.8 Å². The zero-order chi connectivity index (χ0) is 19.7. The highest BCUT2D eigenvalue weighted by Gasteiger charge is 2.28. The number of nitrogens with zero attached hydrogens (tertiary/aromatic N) is 2. The molecular formula is C19H14N2O6S. The van der Waals surface area contributed by atoms with E-state index in [9.17, 15) is 14.9 Å². The number of carbonyl (C=O) groups is 1. The smallest absolute Gasteiger partial charge is 0.345 e. The lowest BCUT2D eigenvalue weighted by molar-refractivity contribution is -0.385. The second-order valence-electron chi connectivity index (χ2n) is 6.07. The molecular weight excluding hydrogens is 384 g/mol. The summed E-state index contributed by atoms with van der Waals surface area (Å²) in [6, 6.07) is 10.4. The lowest BCUT2D eigenvalue weighted by atomic mass is 10.1. The number of carbonyl (C=O) groups excluding carboxylic acids is 1. The number of rotatable bonds is 5. The molecule has 1 aliphatic heterocycles. The third-order valence-electron chi connectivity index (χ3n) is 4.11. The van der Waals surface area contributed by atoms with E-state index in [2.05, 4.69) is 4.98 Å².